The van der Waals surface area contributed by atoms with Crippen LogP contribution < -0.4 is 10.6 Å². The fourth-order valence-electron chi connectivity index (χ4n) is 3.03. The molecule has 2 aliphatic heterocycles. The van der Waals surface area contributed by atoms with Gasteiger partial charge in [-0.25, -0.2) is 4.98 Å². The summed E-state index contributed by atoms with van der Waals surface area (Å²) in [6, 6.07) is 2.08. The molecule has 0 bridgehead atoms. The Hall–Kier alpha value is -1.44. The molecule has 122 valence electrons. The highest BCUT2D eigenvalue weighted by molar-refractivity contribution is 5.45. The Morgan fingerprint density at radius 3 is 2.82 bits per heavy atom. The summed E-state index contributed by atoms with van der Waals surface area (Å²) in [7, 11) is 1.74. The molecule has 0 aromatic carbocycles. The molecule has 0 aliphatic carbocycles. The van der Waals surface area contributed by atoms with Crippen LogP contribution in [0.1, 0.15) is 18.0 Å². The summed E-state index contributed by atoms with van der Waals surface area (Å²) >= 11 is 0. The highest BCUT2D eigenvalue weighted by Gasteiger charge is 2.23. The van der Waals surface area contributed by atoms with Crippen molar-refractivity contribution >= 4 is 11.8 Å². The van der Waals surface area contributed by atoms with Gasteiger partial charge < -0.3 is 20.1 Å². The van der Waals surface area contributed by atoms with Crippen LogP contribution in [-0.2, 0) is 9.47 Å². The van der Waals surface area contributed by atoms with Crippen LogP contribution in [0, 0.1) is 0 Å². The molecule has 0 amide bonds. The average molecular weight is 307 g/mol. The van der Waals surface area contributed by atoms with Crippen molar-refractivity contribution < 1.29 is 9.47 Å². The van der Waals surface area contributed by atoms with Gasteiger partial charge in [-0.05, 0) is 6.42 Å². The van der Waals surface area contributed by atoms with Gasteiger partial charge in [-0.1, -0.05) is 0 Å². The van der Waals surface area contributed by atoms with E-state index in [4.69, 9.17) is 15.2 Å². The first-order valence-electron chi connectivity index (χ1n) is 7.94. The molecule has 3 heterocycles. The summed E-state index contributed by atoms with van der Waals surface area (Å²) in [5, 5.41) is 0. The van der Waals surface area contributed by atoms with Crippen molar-refractivity contribution in [2.45, 2.75) is 12.3 Å². The number of methoxy groups -OCH3 is 1. The van der Waals surface area contributed by atoms with Crippen molar-refractivity contribution in [3.8, 4) is 0 Å². The normalized spacial score (nSPS) is 23.1. The Balaban J connectivity index is 1.65. The molecule has 2 aliphatic rings. The number of anilines is 2. The third kappa shape index (κ3) is 3.66. The number of nitrogens with zero attached hydrogens (tertiary/aromatic N) is 4. The molecular formula is C15H25N5O2. The standard InChI is InChI=1S/C15H25N5O2/c1-21-9-7-19-3-5-20(6-4-19)14-10-13(17-15(16)18-14)12-2-8-22-11-12/h10,12H,2-9,11H2,1H3,(H2,16,17,18). The van der Waals surface area contributed by atoms with E-state index >= 15 is 0 Å². The van der Waals surface area contributed by atoms with E-state index in [2.05, 4.69) is 25.8 Å². The van der Waals surface area contributed by atoms with E-state index in [1.165, 1.54) is 0 Å². The zero-order valence-corrected chi connectivity index (χ0v) is 13.2. The molecule has 2 saturated heterocycles. The van der Waals surface area contributed by atoms with Crippen LogP contribution in [0.4, 0.5) is 11.8 Å². The van der Waals surface area contributed by atoms with Crippen LogP contribution >= 0.6 is 0 Å². The highest BCUT2D eigenvalue weighted by atomic mass is 16.5. The van der Waals surface area contributed by atoms with E-state index in [-0.39, 0.29) is 0 Å². The summed E-state index contributed by atoms with van der Waals surface area (Å²) in [5.74, 6) is 1.66. The predicted octanol–water partition coefficient (Wildman–Crippen LogP) is 0.331. The van der Waals surface area contributed by atoms with Gasteiger partial charge in [-0.2, -0.15) is 4.98 Å². The van der Waals surface area contributed by atoms with Crippen molar-refractivity contribution in [2.24, 2.45) is 0 Å². The van der Waals surface area contributed by atoms with Gasteiger partial charge in [0.05, 0.1) is 18.9 Å². The Bertz CT molecular complexity index is 485. The lowest BCUT2D eigenvalue weighted by molar-refractivity contribution is 0.144. The molecule has 1 aromatic heterocycles. The summed E-state index contributed by atoms with van der Waals surface area (Å²) in [6.45, 7) is 7.28. The van der Waals surface area contributed by atoms with E-state index in [0.717, 1.165) is 70.5 Å². The lowest BCUT2D eigenvalue weighted by Gasteiger charge is -2.35. The molecule has 1 unspecified atom stereocenters. The molecule has 0 saturated carbocycles. The first kappa shape index (κ1) is 15.5. The Kier molecular flexibility index (Phi) is 5.07. The fraction of sp³-hybridized carbons (Fsp3) is 0.733. The molecule has 3 rings (SSSR count). The maximum Gasteiger partial charge on any atom is 0.222 e. The molecule has 7 heteroatoms. The van der Waals surface area contributed by atoms with E-state index in [9.17, 15) is 0 Å². The number of rotatable bonds is 5. The zero-order chi connectivity index (χ0) is 15.4. The van der Waals surface area contributed by atoms with E-state index in [1.807, 2.05) is 0 Å². The molecule has 2 N–H and O–H groups in total. The topological polar surface area (TPSA) is 76.7 Å². The minimum atomic E-state index is 0.354. The zero-order valence-electron chi connectivity index (χ0n) is 13.2. The molecule has 7 nitrogen and oxygen atoms in total. The number of hydrogen-bond acceptors (Lipinski definition) is 7. The van der Waals surface area contributed by atoms with Gasteiger partial charge in [0, 0.05) is 58.4 Å². The van der Waals surface area contributed by atoms with Gasteiger partial charge >= 0.3 is 0 Å². The number of hydrogen-bond donors (Lipinski definition) is 1. The lowest BCUT2D eigenvalue weighted by atomic mass is 10.0. The lowest BCUT2D eigenvalue weighted by Crippen LogP contribution is -2.47. The van der Waals surface area contributed by atoms with Crippen LogP contribution in [0.25, 0.3) is 0 Å². The summed E-state index contributed by atoms with van der Waals surface area (Å²) in [5.41, 5.74) is 6.93. The molecule has 1 aromatic rings. The number of nitrogens with two attached hydrogens (primary N) is 1. The molecule has 0 radical (unpaired) electrons. The van der Waals surface area contributed by atoms with Crippen molar-refractivity contribution in [1.29, 1.82) is 0 Å². The Morgan fingerprint density at radius 1 is 1.32 bits per heavy atom. The Morgan fingerprint density at radius 2 is 2.14 bits per heavy atom. The van der Waals surface area contributed by atoms with Crippen molar-refractivity contribution in [2.75, 3.05) is 70.3 Å². The largest absolute Gasteiger partial charge is 0.383 e. The second-order valence-electron chi connectivity index (χ2n) is 5.89. The van der Waals surface area contributed by atoms with E-state index in [0.29, 0.717) is 11.9 Å². The van der Waals surface area contributed by atoms with Crippen molar-refractivity contribution in [3.63, 3.8) is 0 Å². The maximum absolute atomic E-state index is 5.91. The van der Waals surface area contributed by atoms with Gasteiger partial charge in [0.15, 0.2) is 0 Å². The van der Waals surface area contributed by atoms with Crippen LogP contribution in [0.5, 0.6) is 0 Å². The molecular weight excluding hydrogens is 282 g/mol. The summed E-state index contributed by atoms with van der Waals surface area (Å²) in [4.78, 5) is 13.5. The number of piperazine rings is 1. The number of nitrogen functional groups attached to an aromatic ring is 1. The minimum absolute atomic E-state index is 0.354. The molecule has 22 heavy (non-hydrogen) atoms. The van der Waals surface area contributed by atoms with Crippen LogP contribution in [0.3, 0.4) is 0 Å². The average Bonchev–Trinajstić information content (AvgIpc) is 3.07. The van der Waals surface area contributed by atoms with Crippen molar-refractivity contribution in [1.82, 2.24) is 14.9 Å². The molecule has 2 fully saturated rings. The van der Waals surface area contributed by atoms with Crippen LogP contribution in [0.15, 0.2) is 6.07 Å². The minimum Gasteiger partial charge on any atom is -0.383 e. The second-order valence-corrected chi connectivity index (χ2v) is 5.89. The maximum atomic E-state index is 5.91. The SMILES string of the molecule is COCCN1CCN(c2cc(C3CCOC3)nc(N)n2)CC1. The fourth-order valence-corrected chi connectivity index (χ4v) is 3.03. The summed E-state index contributed by atoms with van der Waals surface area (Å²) in [6.07, 6.45) is 1.01. The molecule has 0 spiro atoms. The summed E-state index contributed by atoms with van der Waals surface area (Å²) < 4.78 is 10.6. The first-order valence-corrected chi connectivity index (χ1v) is 7.94. The quantitative estimate of drug-likeness (QED) is 0.840. The van der Waals surface area contributed by atoms with E-state index < -0.39 is 0 Å². The highest BCUT2D eigenvalue weighted by Crippen LogP contribution is 2.27. The van der Waals surface area contributed by atoms with Crippen LogP contribution in [-0.4, -0.2) is 74.5 Å². The van der Waals surface area contributed by atoms with E-state index in [1.54, 1.807) is 7.11 Å². The van der Waals surface area contributed by atoms with Gasteiger partial charge in [-0.3, -0.25) is 4.90 Å². The van der Waals surface area contributed by atoms with Gasteiger partial charge in [0.2, 0.25) is 5.95 Å². The Labute approximate surface area is 131 Å². The number of ether oxygens (including phenoxy) is 2. The van der Waals surface area contributed by atoms with Crippen molar-refractivity contribution in [3.05, 3.63) is 11.8 Å². The van der Waals surface area contributed by atoms with Crippen LogP contribution in [0.2, 0.25) is 0 Å². The third-order valence-electron chi connectivity index (χ3n) is 4.41. The smallest absolute Gasteiger partial charge is 0.222 e. The third-order valence-corrected chi connectivity index (χ3v) is 4.41. The molecule has 1 atom stereocenters. The second kappa shape index (κ2) is 7.21. The predicted molar refractivity (Wildman–Crippen MR) is 85.2 cm³/mol. The van der Waals surface area contributed by atoms with Gasteiger partial charge in [-0.15, -0.1) is 0 Å². The first-order chi connectivity index (χ1) is 10.8. The number of aromatic nitrogens is 2. The van der Waals surface area contributed by atoms with Gasteiger partial charge in [0.25, 0.3) is 0 Å². The van der Waals surface area contributed by atoms with Gasteiger partial charge in [0.1, 0.15) is 5.82 Å². The monoisotopic (exact) mass is 307 g/mol.